The van der Waals surface area contributed by atoms with E-state index in [2.05, 4.69) is 0 Å². The van der Waals surface area contributed by atoms with Crippen LogP contribution in [0.25, 0.3) is 0 Å². The molecule has 2 nitrogen and oxygen atoms in total. The van der Waals surface area contributed by atoms with E-state index in [4.69, 9.17) is 0 Å². The molecule has 80 valence electrons. The molecule has 3 heteroatoms. The summed E-state index contributed by atoms with van der Waals surface area (Å²) in [6, 6.07) is 0. The molecule has 0 radical (unpaired) electrons. The number of carbonyl (C=O) groups excluding carboxylic acids is 1. The summed E-state index contributed by atoms with van der Waals surface area (Å²) in [6.07, 6.45) is 1.33. The van der Waals surface area contributed by atoms with Gasteiger partial charge in [0.05, 0.1) is 0 Å². The first-order chi connectivity index (χ1) is 5.55. The van der Waals surface area contributed by atoms with Crippen molar-refractivity contribution in [3.8, 4) is 0 Å². The van der Waals surface area contributed by atoms with Gasteiger partial charge in [-0.1, -0.05) is 41.5 Å². The van der Waals surface area contributed by atoms with Crippen LogP contribution in [0.15, 0.2) is 11.8 Å². The number of rotatable bonds is 1. The van der Waals surface area contributed by atoms with Crippen LogP contribution in [0, 0.1) is 10.8 Å². The Morgan fingerprint density at radius 2 is 1.36 bits per heavy atom. The van der Waals surface area contributed by atoms with E-state index in [1.54, 1.807) is 0 Å². The van der Waals surface area contributed by atoms with E-state index in [1.165, 1.54) is 6.08 Å². The van der Waals surface area contributed by atoms with E-state index < -0.39 is 5.41 Å². The molecular weight excluding hydrogens is 343 g/mol. The van der Waals surface area contributed by atoms with Crippen LogP contribution in [-0.2, 0) is 30.6 Å². The maximum absolute atomic E-state index is 11.5. The van der Waals surface area contributed by atoms with Crippen molar-refractivity contribution >= 4 is 5.78 Å². The molecule has 0 bridgehead atoms. The van der Waals surface area contributed by atoms with Gasteiger partial charge in [0, 0.05) is 42.7 Å². The topological polar surface area (TPSA) is 37.3 Å². The van der Waals surface area contributed by atoms with Crippen LogP contribution in [0.2, 0.25) is 0 Å². The predicted octanol–water partition coefficient (Wildman–Crippen LogP) is 3.09. The summed E-state index contributed by atoms with van der Waals surface area (Å²) in [5.41, 5.74) is -0.764. The summed E-state index contributed by atoms with van der Waals surface area (Å²) in [6.45, 7) is 11.1. The van der Waals surface area contributed by atoms with Gasteiger partial charge in [-0.15, -0.1) is 0 Å². The van der Waals surface area contributed by atoms with Gasteiger partial charge in [0.25, 0.3) is 0 Å². The van der Waals surface area contributed by atoms with Gasteiger partial charge in [0.15, 0.2) is 5.78 Å². The Hall–Kier alpha value is 0.0801. The maximum Gasteiger partial charge on any atom is 0.164 e. The third-order valence-electron chi connectivity index (χ3n) is 1.78. The molecule has 0 heterocycles. The standard InChI is InChI=1S/C11H20O2.Hf/c1-10(2,3)8(12)7-9(13)11(4,5)6;/h7,12H,1-6H3;/b8-7-;. The molecule has 0 aliphatic rings. The average molecular weight is 363 g/mol. The molecule has 0 saturated heterocycles. The van der Waals surface area contributed by atoms with E-state index in [1.807, 2.05) is 41.5 Å². The smallest absolute Gasteiger partial charge is 0.164 e. The van der Waals surface area contributed by atoms with Crippen LogP contribution < -0.4 is 0 Å². The average Bonchev–Trinajstić information content (AvgIpc) is 1.82. The summed E-state index contributed by atoms with van der Waals surface area (Å²) < 4.78 is 0. The van der Waals surface area contributed by atoms with Gasteiger partial charge in [0.2, 0.25) is 0 Å². The first kappa shape index (κ1) is 16.5. The Morgan fingerprint density at radius 1 is 1.00 bits per heavy atom. The van der Waals surface area contributed by atoms with Crippen molar-refractivity contribution in [2.75, 3.05) is 0 Å². The first-order valence-electron chi connectivity index (χ1n) is 4.51. The molecule has 14 heavy (non-hydrogen) atoms. The number of aliphatic hydroxyl groups excluding tert-OH is 1. The van der Waals surface area contributed by atoms with Crippen LogP contribution in [0.4, 0.5) is 0 Å². The second-order valence-electron chi connectivity index (χ2n) is 5.39. The van der Waals surface area contributed by atoms with E-state index in [-0.39, 0.29) is 42.8 Å². The molecule has 0 rings (SSSR count). The molecule has 0 aromatic carbocycles. The zero-order valence-corrected chi connectivity index (χ0v) is 13.5. The van der Waals surface area contributed by atoms with Crippen molar-refractivity contribution in [3.63, 3.8) is 0 Å². The van der Waals surface area contributed by atoms with Crippen molar-refractivity contribution in [3.05, 3.63) is 11.8 Å². The fourth-order valence-electron chi connectivity index (χ4n) is 0.557. The van der Waals surface area contributed by atoms with Gasteiger partial charge in [-0.05, 0) is 0 Å². The summed E-state index contributed by atoms with van der Waals surface area (Å²) in [7, 11) is 0. The third kappa shape index (κ3) is 5.74. The number of aliphatic hydroxyl groups is 1. The predicted molar refractivity (Wildman–Crippen MR) is 54.6 cm³/mol. The molecule has 0 fully saturated rings. The van der Waals surface area contributed by atoms with Gasteiger partial charge in [-0.25, -0.2) is 0 Å². The fourth-order valence-corrected chi connectivity index (χ4v) is 0.557. The molecule has 0 aromatic heterocycles. The number of carbonyl (C=O) groups is 1. The summed E-state index contributed by atoms with van der Waals surface area (Å²) in [4.78, 5) is 11.5. The fraction of sp³-hybridized carbons (Fsp3) is 0.727. The molecule has 0 unspecified atom stereocenters. The van der Waals surface area contributed by atoms with E-state index in [0.717, 1.165) is 0 Å². The minimum Gasteiger partial charge on any atom is -0.512 e. The largest absolute Gasteiger partial charge is 0.512 e. The Kier molecular flexibility index (Phi) is 6.18. The van der Waals surface area contributed by atoms with Crippen LogP contribution in [-0.4, -0.2) is 10.9 Å². The Bertz CT molecular complexity index is 229. The summed E-state index contributed by atoms with van der Waals surface area (Å²) >= 11 is 0. The van der Waals surface area contributed by atoms with Crippen LogP contribution >= 0.6 is 0 Å². The monoisotopic (exact) mass is 364 g/mol. The quantitative estimate of drug-likeness (QED) is 0.442. The molecule has 1 N–H and O–H groups in total. The zero-order chi connectivity index (χ0) is 10.9. The maximum atomic E-state index is 11.5. The van der Waals surface area contributed by atoms with E-state index >= 15 is 0 Å². The molecule has 0 amide bonds. The number of hydrogen-bond acceptors (Lipinski definition) is 2. The van der Waals surface area contributed by atoms with Crippen LogP contribution in [0.3, 0.4) is 0 Å². The Labute approximate surface area is 106 Å². The molecule has 0 aliphatic heterocycles. The number of hydrogen-bond donors (Lipinski definition) is 1. The van der Waals surface area contributed by atoms with Crippen molar-refractivity contribution in [2.45, 2.75) is 41.5 Å². The summed E-state index contributed by atoms with van der Waals surface area (Å²) in [5, 5.41) is 9.56. The second kappa shape index (κ2) is 5.24. The van der Waals surface area contributed by atoms with Crippen LogP contribution in [0.1, 0.15) is 41.5 Å². The molecule has 0 atom stereocenters. The molecule has 0 aliphatic carbocycles. The van der Waals surface area contributed by atoms with Gasteiger partial charge < -0.3 is 5.11 Å². The first-order valence-corrected chi connectivity index (χ1v) is 4.51. The summed E-state index contributed by atoms with van der Waals surface area (Å²) in [5.74, 6) is 0.104. The Morgan fingerprint density at radius 3 is 1.57 bits per heavy atom. The molecule has 0 saturated carbocycles. The molecule has 0 aromatic rings. The van der Waals surface area contributed by atoms with Crippen molar-refractivity contribution < 1.29 is 35.7 Å². The van der Waals surface area contributed by atoms with Gasteiger partial charge >= 0.3 is 0 Å². The third-order valence-corrected chi connectivity index (χ3v) is 1.78. The second-order valence-corrected chi connectivity index (χ2v) is 5.39. The SMILES string of the molecule is CC(C)(C)C(=O)/C=C(\O)C(C)(C)C.[Hf]. The number of ketones is 1. The zero-order valence-electron chi connectivity index (χ0n) is 9.93. The van der Waals surface area contributed by atoms with Crippen molar-refractivity contribution in [1.82, 2.24) is 0 Å². The van der Waals surface area contributed by atoms with Crippen molar-refractivity contribution in [1.29, 1.82) is 0 Å². The minimum atomic E-state index is -0.417. The normalized spacial score (nSPS) is 13.4. The van der Waals surface area contributed by atoms with E-state index in [9.17, 15) is 9.90 Å². The number of allylic oxidation sites excluding steroid dienone is 2. The van der Waals surface area contributed by atoms with Gasteiger partial charge in [-0.2, -0.15) is 0 Å². The van der Waals surface area contributed by atoms with E-state index in [0.29, 0.717) is 0 Å². The Balaban J connectivity index is 0. The molecule has 0 spiro atoms. The molecular formula is C11H20HfO2. The van der Waals surface area contributed by atoms with Crippen molar-refractivity contribution in [2.24, 2.45) is 10.8 Å². The minimum absolute atomic E-state index is 0. The van der Waals surface area contributed by atoms with Gasteiger partial charge in [0.1, 0.15) is 5.76 Å². The van der Waals surface area contributed by atoms with Crippen LogP contribution in [0.5, 0.6) is 0 Å². The van der Waals surface area contributed by atoms with Gasteiger partial charge in [-0.3, -0.25) is 4.79 Å².